The van der Waals surface area contributed by atoms with Crippen LogP contribution in [0.3, 0.4) is 0 Å². The van der Waals surface area contributed by atoms with Crippen LogP contribution in [0.25, 0.3) is 0 Å². The molecule has 7 heteroatoms. The number of nitrogens with zero attached hydrogens (tertiary/aromatic N) is 1. The highest BCUT2D eigenvalue weighted by atomic mass is 35.5. The number of hydrogen-bond acceptors (Lipinski definition) is 3. The number of aromatic nitrogens is 1. The minimum absolute atomic E-state index is 0.175. The molecule has 0 aliphatic rings. The van der Waals surface area contributed by atoms with Crippen LogP contribution < -0.4 is 4.72 Å². The first-order valence-corrected chi connectivity index (χ1v) is 8.57. The Hall–Kier alpha value is -1.63. The van der Waals surface area contributed by atoms with Gasteiger partial charge >= 0.3 is 0 Å². The van der Waals surface area contributed by atoms with Crippen LogP contribution in [-0.2, 0) is 23.5 Å². The summed E-state index contributed by atoms with van der Waals surface area (Å²) < 4.78 is 28.7. The van der Waals surface area contributed by atoms with Crippen LogP contribution in [0.5, 0.6) is 0 Å². The third kappa shape index (κ3) is 3.58. The molecule has 0 aliphatic carbocycles. The average molecular weight is 341 g/mol. The van der Waals surface area contributed by atoms with Crippen LogP contribution in [0.4, 0.5) is 0 Å². The van der Waals surface area contributed by atoms with Gasteiger partial charge in [0.2, 0.25) is 10.0 Å². The van der Waals surface area contributed by atoms with Crippen molar-refractivity contribution in [2.45, 2.75) is 18.2 Å². The van der Waals surface area contributed by atoms with Crippen molar-refractivity contribution in [1.82, 2.24) is 9.29 Å². The van der Waals surface area contributed by atoms with Crippen LogP contribution in [0, 0.1) is 6.92 Å². The van der Waals surface area contributed by atoms with E-state index in [9.17, 15) is 13.2 Å². The molecule has 1 aromatic heterocycles. The van der Waals surface area contributed by atoms with Gasteiger partial charge in [0.25, 0.3) is 0 Å². The van der Waals surface area contributed by atoms with E-state index < -0.39 is 10.0 Å². The molecule has 0 spiro atoms. The maximum Gasteiger partial charge on any atom is 0.240 e. The van der Waals surface area contributed by atoms with Crippen LogP contribution in [0.15, 0.2) is 35.2 Å². The minimum atomic E-state index is -3.56. The number of benzene rings is 1. The van der Waals surface area contributed by atoms with Crippen molar-refractivity contribution in [3.63, 3.8) is 0 Å². The molecule has 0 unspecified atom stereocenters. The molecule has 0 aliphatic heterocycles. The van der Waals surface area contributed by atoms with Gasteiger partial charge in [-0.15, -0.1) is 0 Å². The zero-order valence-electron chi connectivity index (χ0n) is 12.3. The largest absolute Gasteiger partial charge is 0.351 e. The van der Waals surface area contributed by atoms with E-state index in [2.05, 4.69) is 4.72 Å². The fraction of sp³-hybridized carbons (Fsp3) is 0.267. The van der Waals surface area contributed by atoms with Crippen molar-refractivity contribution in [2.24, 2.45) is 7.05 Å². The van der Waals surface area contributed by atoms with Gasteiger partial charge in [-0.1, -0.05) is 11.6 Å². The number of rotatable bonds is 6. The molecule has 0 fully saturated rings. The Labute approximate surface area is 135 Å². The Morgan fingerprint density at radius 3 is 2.45 bits per heavy atom. The summed E-state index contributed by atoms with van der Waals surface area (Å²) in [7, 11) is -1.70. The molecule has 0 bridgehead atoms. The number of hydrogen-bond donors (Lipinski definition) is 1. The number of carbonyl (C=O) groups is 1. The molecular weight excluding hydrogens is 324 g/mol. The molecule has 1 N–H and O–H groups in total. The van der Waals surface area contributed by atoms with Crippen molar-refractivity contribution < 1.29 is 13.2 Å². The van der Waals surface area contributed by atoms with E-state index in [4.69, 9.17) is 11.6 Å². The Morgan fingerprint density at radius 1 is 1.27 bits per heavy atom. The maximum atomic E-state index is 12.1. The lowest BCUT2D eigenvalue weighted by atomic mass is 10.2. The molecule has 118 valence electrons. The van der Waals surface area contributed by atoms with Gasteiger partial charge in [-0.25, -0.2) is 13.1 Å². The summed E-state index contributed by atoms with van der Waals surface area (Å²) in [5.41, 5.74) is 2.39. The van der Waals surface area contributed by atoms with Gasteiger partial charge in [0, 0.05) is 42.0 Å². The summed E-state index contributed by atoms with van der Waals surface area (Å²) in [6.07, 6.45) is 1.30. The fourth-order valence-corrected chi connectivity index (χ4v) is 3.32. The van der Waals surface area contributed by atoms with Gasteiger partial charge in [0.15, 0.2) is 6.29 Å². The highest BCUT2D eigenvalue weighted by Crippen LogP contribution is 2.15. The first-order valence-electron chi connectivity index (χ1n) is 6.71. The second-order valence-corrected chi connectivity index (χ2v) is 7.16. The van der Waals surface area contributed by atoms with Gasteiger partial charge < -0.3 is 4.57 Å². The zero-order chi connectivity index (χ0) is 16.3. The molecule has 2 rings (SSSR count). The van der Waals surface area contributed by atoms with E-state index in [1.165, 1.54) is 24.3 Å². The summed E-state index contributed by atoms with van der Waals surface area (Å²) in [4.78, 5) is 11.1. The number of halogens is 1. The van der Waals surface area contributed by atoms with Crippen molar-refractivity contribution in [3.05, 3.63) is 52.3 Å². The average Bonchev–Trinajstić information content (AvgIpc) is 2.75. The van der Waals surface area contributed by atoms with Crippen molar-refractivity contribution in [2.75, 3.05) is 6.54 Å². The van der Waals surface area contributed by atoms with E-state index in [1.807, 2.05) is 18.5 Å². The minimum Gasteiger partial charge on any atom is -0.351 e. The third-order valence-corrected chi connectivity index (χ3v) is 5.33. The Balaban J connectivity index is 2.04. The van der Waals surface area contributed by atoms with E-state index in [1.54, 1.807) is 6.07 Å². The van der Waals surface area contributed by atoms with Gasteiger partial charge in [-0.05, 0) is 37.3 Å². The quantitative estimate of drug-likeness (QED) is 0.820. The SMILES string of the molecule is Cc1c(C=O)cc(CCNS(=O)(=O)c2ccc(Cl)cc2)n1C. The summed E-state index contributed by atoms with van der Waals surface area (Å²) >= 11 is 5.75. The molecule has 1 aromatic carbocycles. The maximum absolute atomic E-state index is 12.1. The van der Waals surface area contributed by atoms with Crippen LogP contribution >= 0.6 is 11.6 Å². The summed E-state index contributed by atoms with van der Waals surface area (Å²) in [6.45, 7) is 2.10. The third-order valence-electron chi connectivity index (χ3n) is 3.60. The first kappa shape index (κ1) is 16.7. The topological polar surface area (TPSA) is 68.2 Å². The predicted octanol–water partition coefficient (Wildman–Crippen LogP) is 2.32. The molecule has 0 saturated heterocycles. The molecule has 0 atom stereocenters. The van der Waals surface area contributed by atoms with E-state index >= 15 is 0 Å². The van der Waals surface area contributed by atoms with Crippen molar-refractivity contribution >= 4 is 27.9 Å². The second-order valence-electron chi connectivity index (χ2n) is 4.95. The smallest absolute Gasteiger partial charge is 0.240 e. The molecule has 0 amide bonds. The first-order chi connectivity index (χ1) is 10.3. The van der Waals surface area contributed by atoms with Gasteiger partial charge in [0.05, 0.1) is 4.90 Å². The Kier molecular flexibility index (Phi) is 5.05. The van der Waals surface area contributed by atoms with Crippen molar-refractivity contribution in [1.29, 1.82) is 0 Å². The Morgan fingerprint density at radius 2 is 1.91 bits per heavy atom. The molecule has 22 heavy (non-hydrogen) atoms. The van der Waals surface area contributed by atoms with E-state index in [0.29, 0.717) is 17.0 Å². The van der Waals surface area contributed by atoms with Gasteiger partial charge in [-0.2, -0.15) is 0 Å². The summed E-state index contributed by atoms with van der Waals surface area (Å²) in [5.74, 6) is 0. The van der Waals surface area contributed by atoms with E-state index in [0.717, 1.165) is 17.7 Å². The Bertz CT molecular complexity index is 780. The molecule has 0 saturated carbocycles. The molecule has 2 aromatic rings. The lowest BCUT2D eigenvalue weighted by molar-refractivity contribution is 0.112. The highest BCUT2D eigenvalue weighted by molar-refractivity contribution is 7.89. The lowest BCUT2D eigenvalue weighted by Crippen LogP contribution is -2.26. The van der Waals surface area contributed by atoms with Crippen LogP contribution in [0.1, 0.15) is 21.7 Å². The fourth-order valence-electron chi connectivity index (χ4n) is 2.16. The predicted molar refractivity (Wildman–Crippen MR) is 85.9 cm³/mol. The van der Waals surface area contributed by atoms with Gasteiger partial charge in [-0.3, -0.25) is 4.79 Å². The highest BCUT2D eigenvalue weighted by Gasteiger charge is 2.14. The lowest BCUT2D eigenvalue weighted by Gasteiger charge is -2.08. The summed E-state index contributed by atoms with van der Waals surface area (Å²) in [5, 5.41) is 0.486. The van der Waals surface area contributed by atoms with Gasteiger partial charge in [0.1, 0.15) is 0 Å². The molecule has 1 heterocycles. The monoisotopic (exact) mass is 340 g/mol. The number of sulfonamides is 1. The standard InChI is InChI=1S/C15H17ClN2O3S/c1-11-12(10-19)9-14(18(11)2)7-8-17-22(20,21)15-5-3-13(16)4-6-15/h3-6,9-10,17H,7-8H2,1-2H3. The van der Waals surface area contributed by atoms with E-state index in [-0.39, 0.29) is 11.4 Å². The van der Waals surface area contributed by atoms with Crippen LogP contribution in [0.2, 0.25) is 5.02 Å². The number of aldehydes is 1. The summed E-state index contributed by atoms with van der Waals surface area (Å²) in [6, 6.07) is 7.77. The van der Waals surface area contributed by atoms with Crippen LogP contribution in [-0.4, -0.2) is 25.8 Å². The van der Waals surface area contributed by atoms with Crippen molar-refractivity contribution in [3.8, 4) is 0 Å². The second kappa shape index (κ2) is 6.64. The normalized spacial score (nSPS) is 11.6. The molecular formula is C15H17ClN2O3S. The molecule has 5 nitrogen and oxygen atoms in total. The molecule has 0 radical (unpaired) electrons. The zero-order valence-corrected chi connectivity index (χ0v) is 13.9. The number of carbonyl (C=O) groups excluding carboxylic acids is 1. The number of nitrogens with one attached hydrogen (secondary N) is 1.